The van der Waals surface area contributed by atoms with E-state index >= 15 is 0 Å². The van der Waals surface area contributed by atoms with E-state index < -0.39 is 10.0 Å². The molecule has 0 bridgehead atoms. The van der Waals surface area contributed by atoms with Crippen LogP contribution in [0.15, 0.2) is 35.2 Å². The number of rotatable bonds is 6. The second-order valence-electron chi connectivity index (χ2n) is 6.65. The fraction of sp³-hybridized carbons (Fsp3) is 0.421. The zero-order valence-corrected chi connectivity index (χ0v) is 16.4. The number of H-pyrrole nitrogens is 1. The van der Waals surface area contributed by atoms with E-state index in [4.69, 9.17) is 4.74 Å². The largest absolute Gasteiger partial charge is 0.379 e. The standard InChI is InChI=1S/C19H25N3O4S/c1-14-13-17(15(2)21-14)7-8-20-19(23)16-3-5-18(6-4-16)27(24,25)22-9-11-26-12-10-22/h3-6,13,21H,7-12H2,1-2H3,(H,20,23). The van der Waals surface area contributed by atoms with Gasteiger partial charge in [0, 0.05) is 36.6 Å². The van der Waals surface area contributed by atoms with E-state index in [2.05, 4.69) is 16.4 Å². The van der Waals surface area contributed by atoms with Crippen LogP contribution in [0.5, 0.6) is 0 Å². The summed E-state index contributed by atoms with van der Waals surface area (Å²) in [7, 11) is -3.54. The molecule has 2 heterocycles. The van der Waals surface area contributed by atoms with Gasteiger partial charge in [-0.25, -0.2) is 8.42 Å². The third kappa shape index (κ3) is 4.58. The zero-order chi connectivity index (χ0) is 19.4. The first-order chi connectivity index (χ1) is 12.9. The van der Waals surface area contributed by atoms with Gasteiger partial charge in [0.15, 0.2) is 0 Å². The summed E-state index contributed by atoms with van der Waals surface area (Å²) >= 11 is 0. The second-order valence-corrected chi connectivity index (χ2v) is 8.59. The molecular weight excluding hydrogens is 366 g/mol. The molecule has 1 saturated heterocycles. The van der Waals surface area contributed by atoms with Gasteiger partial charge in [0.2, 0.25) is 10.0 Å². The van der Waals surface area contributed by atoms with Gasteiger partial charge in [-0.15, -0.1) is 0 Å². The first kappa shape index (κ1) is 19.6. The van der Waals surface area contributed by atoms with Crippen LogP contribution in [0, 0.1) is 13.8 Å². The molecular formula is C19H25N3O4S. The zero-order valence-electron chi connectivity index (χ0n) is 15.6. The summed E-state index contributed by atoms with van der Waals surface area (Å²) in [5.74, 6) is -0.213. The molecule has 1 aliphatic heterocycles. The van der Waals surface area contributed by atoms with Gasteiger partial charge in [-0.1, -0.05) is 0 Å². The molecule has 0 aliphatic carbocycles. The van der Waals surface area contributed by atoms with Crippen LogP contribution < -0.4 is 5.32 Å². The number of hydrogen-bond acceptors (Lipinski definition) is 4. The number of sulfonamides is 1. The van der Waals surface area contributed by atoms with Crippen molar-refractivity contribution in [2.75, 3.05) is 32.8 Å². The molecule has 8 heteroatoms. The van der Waals surface area contributed by atoms with Gasteiger partial charge in [-0.2, -0.15) is 4.31 Å². The summed E-state index contributed by atoms with van der Waals surface area (Å²) in [6.45, 7) is 6.04. The first-order valence-corrected chi connectivity index (χ1v) is 10.4. The number of aromatic amines is 1. The number of amides is 1. The Morgan fingerprint density at radius 1 is 1.19 bits per heavy atom. The van der Waals surface area contributed by atoms with Crippen molar-refractivity contribution in [3.05, 3.63) is 52.8 Å². The third-order valence-electron chi connectivity index (χ3n) is 4.66. The molecule has 0 unspecified atom stereocenters. The number of ether oxygens (including phenoxy) is 1. The third-order valence-corrected chi connectivity index (χ3v) is 6.57. The van der Waals surface area contributed by atoms with Crippen LogP contribution in [0.3, 0.4) is 0 Å². The fourth-order valence-corrected chi connectivity index (χ4v) is 4.58. The van der Waals surface area contributed by atoms with Crippen molar-refractivity contribution in [2.45, 2.75) is 25.2 Å². The van der Waals surface area contributed by atoms with Gasteiger partial charge in [-0.05, 0) is 56.2 Å². The highest BCUT2D eigenvalue weighted by Gasteiger charge is 2.26. The van der Waals surface area contributed by atoms with E-state index in [1.807, 2.05) is 13.8 Å². The summed E-state index contributed by atoms with van der Waals surface area (Å²) in [6, 6.07) is 8.15. The van der Waals surface area contributed by atoms with Crippen molar-refractivity contribution < 1.29 is 17.9 Å². The van der Waals surface area contributed by atoms with Gasteiger partial charge < -0.3 is 15.0 Å². The number of morpholine rings is 1. The lowest BCUT2D eigenvalue weighted by atomic mass is 10.1. The van der Waals surface area contributed by atoms with Crippen LogP contribution in [0.2, 0.25) is 0 Å². The molecule has 2 aromatic rings. The Morgan fingerprint density at radius 2 is 1.85 bits per heavy atom. The van der Waals surface area contributed by atoms with Crippen molar-refractivity contribution in [1.82, 2.24) is 14.6 Å². The number of benzene rings is 1. The molecule has 0 atom stereocenters. The first-order valence-electron chi connectivity index (χ1n) is 8.99. The molecule has 2 N–H and O–H groups in total. The predicted octanol–water partition coefficient (Wildman–Crippen LogP) is 1.62. The number of nitrogens with one attached hydrogen (secondary N) is 2. The topological polar surface area (TPSA) is 91.5 Å². The smallest absolute Gasteiger partial charge is 0.251 e. The quantitative estimate of drug-likeness (QED) is 0.783. The minimum atomic E-state index is -3.54. The number of carbonyl (C=O) groups is 1. The van der Waals surface area contributed by atoms with E-state index in [0.29, 0.717) is 38.4 Å². The van der Waals surface area contributed by atoms with Crippen LogP contribution in [-0.2, 0) is 21.2 Å². The van der Waals surface area contributed by atoms with Gasteiger partial charge in [-0.3, -0.25) is 4.79 Å². The number of aromatic nitrogens is 1. The monoisotopic (exact) mass is 391 g/mol. The summed E-state index contributed by atoms with van der Waals surface area (Å²) in [5.41, 5.74) is 3.84. The van der Waals surface area contributed by atoms with Crippen molar-refractivity contribution in [2.24, 2.45) is 0 Å². The molecule has 0 spiro atoms. The van der Waals surface area contributed by atoms with Crippen molar-refractivity contribution >= 4 is 15.9 Å². The van der Waals surface area contributed by atoms with Crippen LogP contribution in [0.1, 0.15) is 27.3 Å². The summed E-state index contributed by atoms with van der Waals surface area (Å²) in [4.78, 5) is 15.7. The fourth-order valence-electron chi connectivity index (χ4n) is 3.17. The maximum atomic E-state index is 12.6. The summed E-state index contributed by atoms with van der Waals surface area (Å²) in [5, 5.41) is 2.88. The number of carbonyl (C=O) groups excluding carboxylic acids is 1. The van der Waals surface area contributed by atoms with E-state index in [1.54, 1.807) is 12.1 Å². The van der Waals surface area contributed by atoms with E-state index in [9.17, 15) is 13.2 Å². The lowest BCUT2D eigenvalue weighted by Gasteiger charge is -2.26. The molecule has 146 valence electrons. The van der Waals surface area contributed by atoms with Crippen LogP contribution in [0.25, 0.3) is 0 Å². The lowest BCUT2D eigenvalue weighted by molar-refractivity contribution is 0.0730. The van der Waals surface area contributed by atoms with E-state index in [-0.39, 0.29) is 10.8 Å². The number of hydrogen-bond donors (Lipinski definition) is 2. The van der Waals surface area contributed by atoms with Gasteiger partial charge in [0.05, 0.1) is 18.1 Å². The van der Waals surface area contributed by atoms with E-state index in [0.717, 1.165) is 17.8 Å². The Kier molecular flexibility index (Phi) is 5.98. The molecule has 0 radical (unpaired) electrons. The molecule has 1 aliphatic rings. The normalized spacial score (nSPS) is 15.6. The van der Waals surface area contributed by atoms with Gasteiger partial charge >= 0.3 is 0 Å². The molecule has 1 fully saturated rings. The Balaban J connectivity index is 1.59. The predicted molar refractivity (Wildman–Crippen MR) is 102 cm³/mol. The molecule has 3 rings (SSSR count). The molecule has 1 aromatic heterocycles. The Hall–Kier alpha value is -2.16. The van der Waals surface area contributed by atoms with Crippen LogP contribution in [-0.4, -0.2) is 56.5 Å². The number of aryl methyl sites for hydroxylation is 2. The van der Waals surface area contributed by atoms with Gasteiger partial charge in [0.1, 0.15) is 0 Å². The SMILES string of the molecule is Cc1cc(CCNC(=O)c2ccc(S(=O)(=O)N3CCOCC3)cc2)c(C)[nH]1. The maximum absolute atomic E-state index is 12.6. The maximum Gasteiger partial charge on any atom is 0.251 e. The Morgan fingerprint density at radius 3 is 2.44 bits per heavy atom. The average molecular weight is 391 g/mol. The summed E-state index contributed by atoms with van der Waals surface area (Å²) in [6.07, 6.45) is 0.741. The highest BCUT2D eigenvalue weighted by Crippen LogP contribution is 2.17. The Labute approximate surface area is 159 Å². The minimum Gasteiger partial charge on any atom is -0.379 e. The molecule has 27 heavy (non-hydrogen) atoms. The number of nitrogens with zero attached hydrogens (tertiary/aromatic N) is 1. The molecule has 7 nitrogen and oxygen atoms in total. The Bertz CT molecular complexity index is 898. The van der Waals surface area contributed by atoms with Crippen LogP contribution in [0.4, 0.5) is 0 Å². The lowest BCUT2D eigenvalue weighted by Crippen LogP contribution is -2.40. The minimum absolute atomic E-state index is 0.194. The second kappa shape index (κ2) is 8.24. The highest BCUT2D eigenvalue weighted by molar-refractivity contribution is 7.89. The highest BCUT2D eigenvalue weighted by atomic mass is 32.2. The van der Waals surface area contributed by atoms with Crippen LogP contribution >= 0.6 is 0 Å². The van der Waals surface area contributed by atoms with Crippen molar-refractivity contribution in [1.29, 1.82) is 0 Å². The van der Waals surface area contributed by atoms with Crippen molar-refractivity contribution in [3.63, 3.8) is 0 Å². The van der Waals surface area contributed by atoms with Crippen molar-refractivity contribution in [3.8, 4) is 0 Å². The molecule has 1 aromatic carbocycles. The molecule has 0 saturated carbocycles. The average Bonchev–Trinajstić information content (AvgIpc) is 2.99. The molecule has 1 amide bonds. The summed E-state index contributed by atoms with van der Waals surface area (Å²) < 4.78 is 31.8. The van der Waals surface area contributed by atoms with Gasteiger partial charge in [0.25, 0.3) is 5.91 Å². The van der Waals surface area contributed by atoms with E-state index in [1.165, 1.54) is 22.0 Å².